The summed E-state index contributed by atoms with van der Waals surface area (Å²) in [5, 5.41) is 3.18. The van der Waals surface area contributed by atoms with Gasteiger partial charge in [-0.15, -0.1) is 0 Å². The average Bonchev–Trinajstić information content (AvgIpc) is 2.45. The number of aryl methyl sites for hydroxylation is 1. The van der Waals surface area contributed by atoms with E-state index in [-0.39, 0.29) is 12.3 Å². The topological polar surface area (TPSA) is 71.1 Å². The second kappa shape index (κ2) is 9.05. The van der Waals surface area contributed by atoms with E-state index in [1.54, 1.807) is 6.20 Å². The van der Waals surface area contributed by atoms with Gasteiger partial charge in [0.15, 0.2) is 0 Å². The molecular weight excluding hydrogens is 274 g/mol. The lowest BCUT2D eigenvalue weighted by atomic mass is 10.1. The number of hydrogen-bond acceptors (Lipinski definition) is 4. The maximum absolute atomic E-state index is 11.9. The summed E-state index contributed by atoms with van der Waals surface area (Å²) in [5.74, 6) is 0.173. The number of aromatic nitrogens is 1. The van der Waals surface area contributed by atoms with Gasteiger partial charge in [0.05, 0.1) is 18.0 Å². The number of unbranched alkanes of at least 4 members (excludes halogenated alkanes) is 1. The van der Waals surface area contributed by atoms with Gasteiger partial charge >= 0.3 is 0 Å². The molecule has 1 rings (SSSR count). The van der Waals surface area contributed by atoms with Crippen molar-refractivity contribution >= 4 is 10.0 Å². The van der Waals surface area contributed by atoms with Crippen LogP contribution in [0.5, 0.6) is 0 Å². The molecule has 2 N–H and O–H groups in total. The lowest BCUT2D eigenvalue weighted by molar-refractivity contribution is 0.573. The van der Waals surface area contributed by atoms with Crippen LogP contribution in [-0.4, -0.2) is 32.2 Å². The first-order chi connectivity index (χ1) is 9.59. The molecule has 0 aliphatic heterocycles. The predicted molar refractivity (Wildman–Crippen MR) is 82.0 cm³/mol. The third kappa shape index (κ3) is 6.45. The predicted octanol–water partition coefficient (Wildman–Crippen LogP) is 1.45. The summed E-state index contributed by atoms with van der Waals surface area (Å²) in [6.45, 7) is 6.14. The molecular formula is C14H25N3O2S. The van der Waals surface area contributed by atoms with Crippen LogP contribution >= 0.6 is 0 Å². The third-order valence-corrected chi connectivity index (χ3v) is 4.50. The molecule has 0 radical (unpaired) electrons. The SMILES string of the molecule is CCNCCCCS(=O)(=O)NCc1ncccc1CC. The molecule has 5 nitrogen and oxygen atoms in total. The van der Waals surface area contributed by atoms with E-state index >= 15 is 0 Å². The van der Waals surface area contributed by atoms with Gasteiger partial charge in [-0.1, -0.05) is 19.9 Å². The molecule has 0 spiro atoms. The summed E-state index contributed by atoms with van der Waals surface area (Å²) < 4.78 is 26.4. The quantitative estimate of drug-likeness (QED) is 0.642. The second-order valence-electron chi connectivity index (χ2n) is 4.66. The second-order valence-corrected chi connectivity index (χ2v) is 6.59. The molecule has 0 atom stereocenters. The van der Waals surface area contributed by atoms with Crippen molar-refractivity contribution in [2.45, 2.75) is 39.7 Å². The Hall–Kier alpha value is -0.980. The lowest BCUT2D eigenvalue weighted by Crippen LogP contribution is -2.27. The Morgan fingerprint density at radius 2 is 2.05 bits per heavy atom. The molecule has 0 aliphatic carbocycles. The fraction of sp³-hybridized carbons (Fsp3) is 0.643. The Labute approximate surface area is 122 Å². The highest BCUT2D eigenvalue weighted by Gasteiger charge is 2.11. The molecule has 0 saturated carbocycles. The molecule has 0 amide bonds. The minimum absolute atomic E-state index is 0.173. The highest BCUT2D eigenvalue weighted by Crippen LogP contribution is 2.06. The maximum Gasteiger partial charge on any atom is 0.211 e. The zero-order valence-electron chi connectivity index (χ0n) is 12.4. The zero-order valence-corrected chi connectivity index (χ0v) is 13.2. The van der Waals surface area contributed by atoms with Crippen LogP contribution < -0.4 is 10.0 Å². The first kappa shape index (κ1) is 17.1. The van der Waals surface area contributed by atoms with Gasteiger partial charge in [-0.05, 0) is 44.0 Å². The van der Waals surface area contributed by atoms with Gasteiger partial charge < -0.3 is 5.32 Å². The minimum atomic E-state index is -3.21. The monoisotopic (exact) mass is 299 g/mol. The Bertz CT molecular complexity index is 489. The molecule has 0 unspecified atom stereocenters. The lowest BCUT2D eigenvalue weighted by Gasteiger charge is -2.09. The van der Waals surface area contributed by atoms with E-state index in [1.165, 1.54) is 0 Å². The molecule has 1 heterocycles. The van der Waals surface area contributed by atoms with Crippen molar-refractivity contribution in [1.82, 2.24) is 15.0 Å². The summed E-state index contributed by atoms with van der Waals surface area (Å²) in [4.78, 5) is 4.24. The van der Waals surface area contributed by atoms with Crippen LogP contribution in [0.25, 0.3) is 0 Å². The number of nitrogens with zero attached hydrogens (tertiary/aromatic N) is 1. The van der Waals surface area contributed by atoms with Crippen LogP contribution in [0.2, 0.25) is 0 Å². The molecule has 0 aliphatic rings. The van der Waals surface area contributed by atoms with Crippen LogP contribution in [0.4, 0.5) is 0 Å². The van der Waals surface area contributed by atoms with E-state index in [1.807, 2.05) is 26.0 Å². The van der Waals surface area contributed by atoms with Gasteiger partial charge in [0.25, 0.3) is 0 Å². The standard InChI is InChI=1S/C14H25N3O2S/c1-3-13-8-7-10-16-14(13)12-17-20(18,19)11-6-5-9-15-4-2/h7-8,10,15,17H,3-6,9,11-12H2,1-2H3. The highest BCUT2D eigenvalue weighted by atomic mass is 32.2. The number of nitrogens with one attached hydrogen (secondary N) is 2. The van der Waals surface area contributed by atoms with Gasteiger partial charge in [0.2, 0.25) is 10.0 Å². The smallest absolute Gasteiger partial charge is 0.211 e. The Balaban J connectivity index is 2.39. The first-order valence-electron chi connectivity index (χ1n) is 7.20. The molecule has 1 aromatic rings. The maximum atomic E-state index is 11.9. The minimum Gasteiger partial charge on any atom is -0.317 e. The van der Waals surface area contributed by atoms with Crippen molar-refractivity contribution in [3.63, 3.8) is 0 Å². The van der Waals surface area contributed by atoms with Crippen molar-refractivity contribution in [2.75, 3.05) is 18.8 Å². The fourth-order valence-corrected chi connectivity index (χ4v) is 3.01. The van der Waals surface area contributed by atoms with E-state index in [0.29, 0.717) is 6.42 Å². The van der Waals surface area contributed by atoms with Gasteiger partial charge in [-0.2, -0.15) is 0 Å². The molecule has 0 saturated heterocycles. The van der Waals surface area contributed by atoms with Crippen LogP contribution in [-0.2, 0) is 23.0 Å². The highest BCUT2D eigenvalue weighted by molar-refractivity contribution is 7.89. The van der Waals surface area contributed by atoms with Crippen LogP contribution in [0.15, 0.2) is 18.3 Å². The zero-order chi connectivity index (χ0) is 14.8. The van der Waals surface area contributed by atoms with E-state index in [2.05, 4.69) is 15.0 Å². The number of sulfonamides is 1. The normalized spacial score (nSPS) is 11.7. The van der Waals surface area contributed by atoms with Gasteiger partial charge in [0, 0.05) is 6.20 Å². The van der Waals surface area contributed by atoms with E-state index in [9.17, 15) is 8.42 Å². The van der Waals surface area contributed by atoms with Crippen LogP contribution in [0.1, 0.15) is 37.9 Å². The number of hydrogen-bond donors (Lipinski definition) is 2. The van der Waals surface area contributed by atoms with E-state index in [4.69, 9.17) is 0 Å². The molecule has 1 aromatic heterocycles. The molecule has 6 heteroatoms. The molecule has 0 fully saturated rings. The van der Waals surface area contributed by atoms with Crippen molar-refractivity contribution < 1.29 is 8.42 Å². The van der Waals surface area contributed by atoms with Crippen molar-refractivity contribution in [3.05, 3.63) is 29.6 Å². The first-order valence-corrected chi connectivity index (χ1v) is 8.85. The number of rotatable bonds is 10. The van der Waals surface area contributed by atoms with Gasteiger partial charge in [-0.25, -0.2) is 13.1 Å². The third-order valence-electron chi connectivity index (χ3n) is 3.09. The van der Waals surface area contributed by atoms with E-state index < -0.39 is 10.0 Å². The fourth-order valence-electron chi connectivity index (χ4n) is 1.92. The van der Waals surface area contributed by atoms with Crippen LogP contribution in [0, 0.1) is 0 Å². The summed E-state index contributed by atoms with van der Waals surface area (Å²) in [6.07, 6.45) is 4.09. The summed E-state index contributed by atoms with van der Waals surface area (Å²) in [7, 11) is -3.21. The number of pyridine rings is 1. The van der Waals surface area contributed by atoms with Gasteiger partial charge in [-0.3, -0.25) is 4.98 Å². The molecule has 20 heavy (non-hydrogen) atoms. The Morgan fingerprint density at radius 3 is 2.75 bits per heavy atom. The van der Waals surface area contributed by atoms with Gasteiger partial charge in [0.1, 0.15) is 0 Å². The van der Waals surface area contributed by atoms with E-state index in [0.717, 1.165) is 37.2 Å². The van der Waals surface area contributed by atoms with Crippen molar-refractivity contribution in [1.29, 1.82) is 0 Å². The molecule has 0 bridgehead atoms. The average molecular weight is 299 g/mol. The van der Waals surface area contributed by atoms with Crippen LogP contribution in [0.3, 0.4) is 0 Å². The summed E-state index contributed by atoms with van der Waals surface area (Å²) >= 11 is 0. The summed E-state index contributed by atoms with van der Waals surface area (Å²) in [6, 6.07) is 3.85. The molecule has 114 valence electrons. The van der Waals surface area contributed by atoms with Crippen molar-refractivity contribution in [2.24, 2.45) is 0 Å². The largest absolute Gasteiger partial charge is 0.317 e. The molecule has 0 aromatic carbocycles. The van der Waals surface area contributed by atoms with Crippen molar-refractivity contribution in [3.8, 4) is 0 Å². The Kier molecular flexibility index (Phi) is 7.72. The summed E-state index contributed by atoms with van der Waals surface area (Å²) in [5.41, 5.74) is 1.90. The Morgan fingerprint density at radius 1 is 1.25 bits per heavy atom.